The lowest BCUT2D eigenvalue weighted by molar-refractivity contribution is -0.119. The molecule has 0 spiro atoms. The molecule has 1 amide bonds. The van der Waals surface area contributed by atoms with Crippen molar-refractivity contribution in [2.45, 2.75) is 4.90 Å². The van der Waals surface area contributed by atoms with E-state index in [0.717, 1.165) is 22.5 Å². The Morgan fingerprint density at radius 2 is 1.71 bits per heavy atom. The van der Waals surface area contributed by atoms with Gasteiger partial charge < -0.3 is 14.8 Å². The Kier molecular flexibility index (Phi) is 7.47. The number of sulfonamides is 1. The van der Waals surface area contributed by atoms with E-state index in [1.165, 1.54) is 32.4 Å². The average molecular weight is 490 g/mol. The molecule has 0 saturated carbocycles. The molecule has 0 bridgehead atoms. The van der Waals surface area contributed by atoms with Crippen LogP contribution in [0.4, 0.5) is 20.2 Å². The molecule has 3 aromatic carbocycles. The molecule has 0 unspecified atom stereocenters. The summed E-state index contributed by atoms with van der Waals surface area (Å²) in [5.74, 6) is -3.06. The molecule has 11 heteroatoms. The molecule has 0 fully saturated rings. The molecule has 0 aromatic heterocycles. The Morgan fingerprint density at radius 1 is 1.00 bits per heavy atom. The summed E-state index contributed by atoms with van der Waals surface area (Å²) >= 11 is 0. The summed E-state index contributed by atoms with van der Waals surface area (Å²) in [6, 6.07) is 14.1. The number of carbonyl (C=O) groups excluding carboxylic acids is 2. The Bertz CT molecular complexity index is 1310. The smallest absolute Gasteiger partial charge is 0.338 e. The van der Waals surface area contributed by atoms with E-state index in [-0.39, 0.29) is 16.1 Å². The molecule has 3 aromatic rings. The van der Waals surface area contributed by atoms with Gasteiger partial charge in [-0.1, -0.05) is 6.07 Å². The molecule has 0 aliphatic heterocycles. The molecule has 0 heterocycles. The molecule has 1 N–H and O–H groups in total. The summed E-state index contributed by atoms with van der Waals surface area (Å²) in [5, 5.41) is 2.15. The molecule has 3 rings (SSSR count). The number of rotatable bonds is 8. The zero-order chi connectivity index (χ0) is 24.9. The van der Waals surface area contributed by atoms with Crippen LogP contribution in [0.25, 0.3) is 0 Å². The Morgan fingerprint density at radius 3 is 2.35 bits per heavy atom. The molecular weight excluding hydrogens is 470 g/mol. The predicted octanol–water partition coefficient (Wildman–Crippen LogP) is 3.59. The number of esters is 1. The van der Waals surface area contributed by atoms with E-state index in [9.17, 15) is 26.8 Å². The van der Waals surface area contributed by atoms with Gasteiger partial charge in [-0.25, -0.2) is 22.0 Å². The number of carbonyl (C=O) groups is 2. The first-order chi connectivity index (χ1) is 16.1. The Labute approximate surface area is 194 Å². The number of hydrogen-bond donors (Lipinski definition) is 1. The summed E-state index contributed by atoms with van der Waals surface area (Å²) in [6.07, 6.45) is 0. The van der Waals surface area contributed by atoms with Crippen molar-refractivity contribution in [2.75, 3.05) is 30.4 Å². The highest BCUT2D eigenvalue weighted by Gasteiger charge is 2.23. The van der Waals surface area contributed by atoms with E-state index in [0.29, 0.717) is 17.5 Å². The number of benzene rings is 3. The third kappa shape index (κ3) is 5.67. The first-order valence-electron chi connectivity index (χ1n) is 9.77. The van der Waals surface area contributed by atoms with Crippen LogP contribution in [0.2, 0.25) is 0 Å². The lowest BCUT2D eigenvalue weighted by atomic mass is 10.2. The van der Waals surface area contributed by atoms with Crippen LogP contribution in [0.3, 0.4) is 0 Å². The first-order valence-corrected chi connectivity index (χ1v) is 11.2. The third-order valence-corrected chi connectivity index (χ3v) is 6.49. The van der Waals surface area contributed by atoms with E-state index in [4.69, 9.17) is 9.47 Å². The van der Waals surface area contributed by atoms with Gasteiger partial charge in [0.1, 0.15) is 17.4 Å². The summed E-state index contributed by atoms with van der Waals surface area (Å²) < 4.78 is 63.6. The average Bonchev–Trinajstić information content (AvgIpc) is 2.84. The fraction of sp³-hybridized carbons (Fsp3) is 0.130. The number of amides is 1. The molecule has 0 atom stereocenters. The van der Waals surface area contributed by atoms with Gasteiger partial charge in [-0.15, -0.1) is 0 Å². The standard InChI is InChI=1S/C23H20F2N2O6S/c1-27(17-7-9-18(32-2)10-8-17)34(30,31)19-5-3-4-15(12-19)23(29)33-14-22(28)26-21-11-6-16(24)13-20(21)25/h3-13H,14H2,1-2H3,(H,26,28). The van der Waals surface area contributed by atoms with Gasteiger partial charge in [0.2, 0.25) is 0 Å². The van der Waals surface area contributed by atoms with Gasteiger partial charge in [-0.3, -0.25) is 9.10 Å². The maximum atomic E-state index is 13.6. The quantitative estimate of drug-likeness (QED) is 0.484. The second-order valence-corrected chi connectivity index (χ2v) is 8.92. The van der Waals surface area contributed by atoms with Crippen molar-refractivity contribution in [3.8, 4) is 5.75 Å². The van der Waals surface area contributed by atoms with Crippen molar-refractivity contribution >= 4 is 33.3 Å². The minimum absolute atomic E-state index is 0.107. The summed E-state index contributed by atoms with van der Waals surface area (Å²) in [4.78, 5) is 24.1. The normalized spacial score (nSPS) is 10.9. The molecule has 0 aliphatic rings. The Hall–Kier alpha value is -3.99. The molecule has 34 heavy (non-hydrogen) atoms. The van der Waals surface area contributed by atoms with E-state index in [2.05, 4.69) is 5.32 Å². The van der Waals surface area contributed by atoms with E-state index in [1.54, 1.807) is 24.3 Å². The van der Waals surface area contributed by atoms with E-state index >= 15 is 0 Å². The minimum Gasteiger partial charge on any atom is -0.497 e. The van der Waals surface area contributed by atoms with Crippen molar-refractivity contribution in [2.24, 2.45) is 0 Å². The third-order valence-electron chi connectivity index (χ3n) is 4.70. The molecule has 0 radical (unpaired) electrons. The van der Waals surface area contributed by atoms with Gasteiger partial charge in [0.15, 0.2) is 6.61 Å². The van der Waals surface area contributed by atoms with Crippen molar-refractivity contribution in [3.63, 3.8) is 0 Å². The molecule has 8 nitrogen and oxygen atoms in total. The van der Waals surface area contributed by atoms with Crippen LogP contribution in [0.15, 0.2) is 71.6 Å². The molecule has 0 saturated heterocycles. The fourth-order valence-electron chi connectivity index (χ4n) is 2.86. The van der Waals surface area contributed by atoms with Crippen LogP contribution in [0, 0.1) is 11.6 Å². The number of ether oxygens (including phenoxy) is 2. The van der Waals surface area contributed by atoms with Crippen molar-refractivity contribution in [1.29, 1.82) is 0 Å². The maximum absolute atomic E-state index is 13.6. The van der Waals surface area contributed by atoms with Crippen LogP contribution in [0.5, 0.6) is 5.75 Å². The predicted molar refractivity (Wildman–Crippen MR) is 120 cm³/mol. The maximum Gasteiger partial charge on any atom is 0.338 e. The van der Waals surface area contributed by atoms with Crippen molar-refractivity contribution < 1.29 is 36.3 Å². The second kappa shape index (κ2) is 10.3. The highest BCUT2D eigenvalue weighted by molar-refractivity contribution is 7.92. The number of nitrogens with zero attached hydrogens (tertiary/aromatic N) is 1. The van der Waals surface area contributed by atoms with Gasteiger partial charge >= 0.3 is 5.97 Å². The number of nitrogens with one attached hydrogen (secondary N) is 1. The lowest BCUT2D eigenvalue weighted by Gasteiger charge is -2.20. The van der Waals surface area contributed by atoms with Gasteiger partial charge in [0.25, 0.3) is 15.9 Å². The number of halogens is 2. The van der Waals surface area contributed by atoms with Crippen LogP contribution in [-0.4, -0.2) is 41.1 Å². The highest BCUT2D eigenvalue weighted by Crippen LogP contribution is 2.25. The van der Waals surface area contributed by atoms with Crippen LogP contribution in [-0.2, 0) is 19.6 Å². The van der Waals surface area contributed by atoms with Crippen LogP contribution >= 0.6 is 0 Å². The Balaban J connectivity index is 1.68. The largest absolute Gasteiger partial charge is 0.497 e. The van der Waals surface area contributed by atoms with E-state index in [1.807, 2.05) is 0 Å². The molecule has 0 aliphatic carbocycles. The summed E-state index contributed by atoms with van der Waals surface area (Å²) in [7, 11) is -1.16. The number of methoxy groups -OCH3 is 1. The monoisotopic (exact) mass is 490 g/mol. The van der Waals surface area contributed by atoms with Gasteiger partial charge in [0.05, 0.1) is 28.9 Å². The van der Waals surface area contributed by atoms with Gasteiger partial charge in [-0.05, 0) is 54.6 Å². The summed E-state index contributed by atoms with van der Waals surface area (Å²) in [6.45, 7) is -0.765. The first kappa shape index (κ1) is 24.6. The fourth-order valence-corrected chi connectivity index (χ4v) is 4.11. The SMILES string of the molecule is COc1ccc(N(C)S(=O)(=O)c2cccc(C(=O)OCC(=O)Nc3ccc(F)cc3F)c2)cc1. The van der Waals surface area contributed by atoms with Crippen molar-refractivity contribution in [1.82, 2.24) is 0 Å². The number of hydrogen-bond acceptors (Lipinski definition) is 6. The minimum atomic E-state index is -4.01. The van der Waals surface area contributed by atoms with Crippen LogP contribution in [0.1, 0.15) is 10.4 Å². The molecule has 178 valence electrons. The van der Waals surface area contributed by atoms with Crippen molar-refractivity contribution in [3.05, 3.63) is 83.9 Å². The van der Waals surface area contributed by atoms with E-state index < -0.39 is 40.1 Å². The molecular formula is C23H20F2N2O6S. The topological polar surface area (TPSA) is 102 Å². The lowest BCUT2D eigenvalue weighted by Crippen LogP contribution is -2.27. The number of anilines is 2. The van der Waals surface area contributed by atoms with Crippen LogP contribution < -0.4 is 14.4 Å². The summed E-state index contributed by atoms with van der Waals surface area (Å²) in [5.41, 5.74) is -0.0134. The zero-order valence-corrected chi connectivity index (χ0v) is 18.9. The highest BCUT2D eigenvalue weighted by atomic mass is 32.2. The van der Waals surface area contributed by atoms with Gasteiger partial charge in [0, 0.05) is 13.1 Å². The second-order valence-electron chi connectivity index (χ2n) is 6.95. The zero-order valence-electron chi connectivity index (χ0n) is 18.1. The van der Waals surface area contributed by atoms with Gasteiger partial charge in [-0.2, -0.15) is 0 Å².